The van der Waals surface area contributed by atoms with Gasteiger partial charge in [-0.15, -0.1) is 0 Å². The molecule has 0 amide bonds. The van der Waals surface area contributed by atoms with Gasteiger partial charge >= 0.3 is 0 Å². The zero-order valence-corrected chi connectivity index (χ0v) is 9.86. The number of furan rings is 1. The fourth-order valence-electron chi connectivity index (χ4n) is 2.22. The van der Waals surface area contributed by atoms with Crippen LogP contribution in [0.25, 0.3) is 11.4 Å². The van der Waals surface area contributed by atoms with Gasteiger partial charge in [-0.3, -0.25) is 0 Å². The minimum atomic E-state index is 0.738. The molecule has 2 aromatic heterocycles. The predicted octanol–water partition coefficient (Wildman–Crippen LogP) is 3.20. The summed E-state index contributed by atoms with van der Waals surface area (Å²) in [5.41, 5.74) is 3.47. The lowest BCUT2D eigenvalue weighted by Crippen LogP contribution is -1.97. The molecule has 4 heteroatoms. The van der Waals surface area contributed by atoms with Gasteiger partial charge in [0.1, 0.15) is 16.2 Å². The molecule has 3 nitrogen and oxygen atoms in total. The van der Waals surface area contributed by atoms with Crippen molar-refractivity contribution < 1.29 is 4.42 Å². The first-order valence-electron chi connectivity index (χ1n) is 5.42. The summed E-state index contributed by atoms with van der Waals surface area (Å²) < 4.78 is 6.02. The monoisotopic (exact) mass is 232 g/mol. The van der Waals surface area contributed by atoms with Crippen LogP contribution in [0.1, 0.15) is 23.4 Å². The second-order valence-electron chi connectivity index (χ2n) is 4.09. The van der Waals surface area contributed by atoms with Crippen molar-refractivity contribution in [1.82, 2.24) is 9.97 Å². The molecule has 2 aromatic rings. The Balaban J connectivity index is 2.21. The SMILES string of the molecule is Cc1occc1-c1nc(=S)c2c([nH]1)CCC2. The van der Waals surface area contributed by atoms with E-state index in [1.807, 2.05) is 13.0 Å². The summed E-state index contributed by atoms with van der Waals surface area (Å²) in [7, 11) is 0. The van der Waals surface area contributed by atoms with Crippen molar-refractivity contribution in [3.63, 3.8) is 0 Å². The molecule has 0 spiro atoms. The van der Waals surface area contributed by atoms with E-state index in [2.05, 4.69) is 9.97 Å². The first kappa shape index (κ1) is 9.78. The van der Waals surface area contributed by atoms with Crippen molar-refractivity contribution in [2.75, 3.05) is 0 Å². The zero-order chi connectivity index (χ0) is 11.1. The fourth-order valence-corrected chi connectivity index (χ4v) is 2.53. The van der Waals surface area contributed by atoms with Crippen LogP contribution in [0.4, 0.5) is 0 Å². The first-order valence-corrected chi connectivity index (χ1v) is 5.83. The minimum Gasteiger partial charge on any atom is -0.469 e. The Morgan fingerprint density at radius 3 is 3.06 bits per heavy atom. The molecule has 1 aliphatic carbocycles. The predicted molar refractivity (Wildman–Crippen MR) is 63.9 cm³/mol. The lowest BCUT2D eigenvalue weighted by molar-refractivity contribution is 0.535. The highest BCUT2D eigenvalue weighted by atomic mass is 32.1. The van der Waals surface area contributed by atoms with Gasteiger partial charge in [0.2, 0.25) is 0 Å². The fraction of sp³-hybridized carbons (Fsp3) is 0.333. The van der Waals surface area contributed by atoms with Crippen molar-refractivity contribution in [2.24, 2.45) is 0 Å². The highest BCUT2D eigenvalue weighted by molar-refractivity contribution is 7.71. The van der Waals surface area contributed by atoms with Gasteiger partial charge in [0.15, 0.2) is 0 Å². The summed E-state index contributed by atoms with van der Waals surface area (Å²) in [5, 5.41) is 0. The number of fused-ring (bicyclic) bond motifs is 1. The van der Waals surface area contributed by atoms with Gasteiger partial charge in [0, 0.05) is 11.3 Å². The van der Waals surface area contributed by atoms with E-state index in [9.17, 15) is 0 Å². The largest absolute Gasteiger partial charge is 0.469 e. The van der Waals surface area contributed by atoms with Gasteiger partial charge in [0.05, 0.1) is 11.8 Å². The first-order chi connectivity index (χ1) is 7.75. The van der Waals surface area contributed by atoms with Crippen LogP contribution in [0.5, 0.6) is 0 Å². The Morgan fingerprint density at radius 2 is 2.31 bits per heavy atom. The molecule has 0 radical (unpaired) electrons. The van der Waals surface area contributed by atoms with Crippen molar-refractivity contribution >= 4 is 12.2 Å². The maximum absolute atomic E-state index is 5.32. The summed E-state index contributed by atoms with van der Waals surface area (Å²) in [4.78, 5) is 7.82. The topological polar surface area (TPSA) is 41.8 Å². The van der Waals surface area contributed by atoms with Crippen molar-refractivity contribution in [3.8, 4) is 11.4 Å². The maximum Gasteiger partial charge on any atom is 0.142 e. The molecule has 1 aliphatic rings. The number of hydrogen-bond donors (Lipinski definition) is 1. The van der Waals surface area contributed by atoms with E-state index in [1.54, 1.807) is 6.26 Å². The van der Waals surface area contributed by atoms with Crippen LogP contribution in [-0.4, -0.2) is 9.97 Å². The molecule has 1 N–H and O–H groups in total. The third-order valence-electron chi connectivity index (χ3n) is 3.07. The summed E-state index contributed by atoms with van der Waals surface area (Å²) in [5.74, 6) is 1.70. The van der Waals surface area contributed by atoms with Gasteiger partial charge in [-0.25, -0.2) is 4.98 Å². The summed E-state index contributed by atoms with van der Waals surface area (Å²) in [6.07, 6.45) is 4.98. The standard InChI is InChI=1S/C12H12N2OS/c1-7-8(5-6-15-7)11-13-10-4-2-3-9(10)12(16)14-11/h5-6H,2-4H2,1H3,(H,13,14,16). The van der Waals surface area contributed by atoms with Gasteiger partial charge in [-0.2, -0.15) is 0 Å². The van der Waals surface area contributed by atoms with E-state index in [-0.39, 0.29) is 0 Å². The average molecular weight is 232 g/mol. The minimum absolute atomic E-state index is 0.738. The molecule has 16 heavy (non-hydrogen) atoms. The van der Waals surface area contributed by atoms with Crippen LogP contribution in [-0.2, 0) is 12.8 Å². The van der Waals surface area contributed by atoms with Crippen LogP contribution in [0.15, 0.2) is 16.7 Å². The molecular formula is C12H12N2OS. The number of aryl methyl sites for hydroxylation is 2. The van der Waals surface area contributed by atoms with Gasteiger partial charge in [0.25, 0.3) is 0 Å². The molecular weight excluding hydrogens is 220 g/mol. The smallest absolute Gasteiger partial charge is 0.142 e. The molecule has 0 aliphatic heterocycles. The van der Waals surface area contributed by atoms with E-state index in [0.717, 1.165) is 34.6 Å². The summed E-state index contributed by atoms with van der Waals surface area (Å²) in [6.45, 7) is 1.93. The highest BCUT2D eigenvalue weighted by Gasteiger charge is 2.16. The normalized spacial score (nSPS) is 14.1. The van der Waals surface area contributed by atoms with Gasteiger partial charge < -0.3 is 9.40 Å². The van der Waals surface area contributed by atoms with E-state index < -0.39 is 0 Å². The van der Waals surface area contributed by atoms with Crippen molar-refractivity contribution in [2.45, 2.75) is 26.2 Å². The molecule has 0 bridgehead atoms. The van der Waals surface area contributed by atoms with Crippen LogP contribution in [0.2, 0.25) is 0 Å². The molecule has 3 rings (SSSR count). The Labute approximate surface area is 98.5 Å². The van der Waals surface area contributed by atoms with Crippen molar-refractivity contribution in [1.29, 1.82) is 0 Å². The number of aromatic amines is 1. The molecule has 0 aromatic carbocycles. The van der Waals surface area contributed by atoms with Crippen LogP contribution < -0.4 is 0 Å². The number of aromatic nitrogens is 2. The van der Waals surface area contributed by atoms with Crippen LogP contribution in [0, 0.1) is 11.6 Å². The Morgan fingerprint density at radius 1 is 1.44 bits per heavy atom. The zero-order valence-electron chi connectivity index (χ0n) is 9.04. The highest BCUT2D eigenvalue weighted by Crippen LogP contribution is 2.26. The number of nitrogens with zero attached hydrogens (tertiary/aromatic N) is 1. The third kappa shape index (κ3) is 1.41. The van der Waals surface area contributed by atoms with E-state index >= 15 is 0 Å². The van der Waals surface area contributed by atoms with Gasteiger partial charge in [-0.1, -0.05) is 12.2 Å². The van der Waals surface area contributed by atoms with E-state index in [0.29, 0.717) is 0 Å². The Bertz CT molecular complexity index is 597. The molecule has 82 valence electrons. The van der Waals surface area contributed by atoms with Gasteiger partial charge in [-0.05, 0) is 32.3 Å². The number of nitrogens with one attached hydrogen (secondary N) is 1. The Kier molecular flexibility index (Phi) is 2.17. The van der Waals surface area contributed by atoms with E-state index in [4.69, 9.17) is 16.6 Å². The lowest BCUT2D eigenvalue weighted by Gasteiger charge is -2.04. The molecule has 0 atom stereocenters. The quantitative estimate of drug-likeness (QED) is 0.768. The summed E-state index contributed by atoms with van der Waals surface area (Å²) in [6, 6.07) is 1.92. The Hall–Kier alpha value is -1.42. The average Bonchev–Trinajstić information content (AvgIpc) is 2.85. The molecule has 2 heterocycles. The second kappa shape index (κ2) is 3.56. The molecule has 0 fully saturated rings. The number of rotatable bonds is 1. The maximum atomic E-state index is 5.32. The lowest BCUT2D eigenvalue weighted by atomic mass is 10.2. The second-order valence-corrected chi connectivity index (χ2v) is 4.48. The molecule has 0 saturated heterocycles. The third-order valence-corrected chi connectivity index (χ3v) is 3.41. The number of H-pyrrole nitrogens is 1. The van der Waals surface area contributed by atoms with Crippen LogP contribution in [0.3, 0.4) is 0 Å². The summed E-state index contributed by atoms with van der Waals surface area (Å²) >= 11 is 5.32. The van der Waals surface area contributed by atoms with Crippen LogP contribution >= 0.6 is 12.2 Å². The molecule has 0 saturated carbocycles. The number of hydrogen-bond acceptors (Lipinski definition) is 3. The van der Waals surface area contributed by atoms with Crippen molar-refractivity contribution in [3.05, 3.63) is 34.0 Å². The van der Waals surface area contributed by atoms with E-state index in [1.165, 1.54) is 17.7 Å². The molecule has 0 unspecified atom stereocenters.